The third kappa shape index (κ3) is 18.2. The zero-order valence-electron chi connectivity index (χ0n) is 16.8. The summed E-state index contributed by atoms with van der Waals surface area (Å²) in [4.78, 5) is 2.68. The highest BCUT2D eigenvalue weighted by Crippen LogP contribution is 2.06. The van der Waals surface area contributed by atoms with Gasteiger partial charge in [-0.2, -0.15) is 0 Å². The number of nitrogens with one attached hydrogen (secondary N) is 2. The van der Waals surface area contributed by atoms with Crippen LogP contribution < -0.4 is 16.4 Å². The van der Waals surface area contributed by atoms with E-state index in [9.17, 15) is 0 Å². The van der Waals surface area contributed by atoms with E-state index in [1.165, 1.54) is 83.8 Å². The fourth-order valence-corrected chi connectivity index (χ4v) is 2.98. The minimum atomic E-state index is 0.853. The van der Waals surface area contributed by atoms with Crippen LogP contribution in [-0.2, 0) is 0 Å². The standard InChI is InChI=1S/C20H46N4/c1-3-14-22-16-11-19-24(20-12-17-23-15-4-2)18-10-8-6-5-7-9-13-21/h22-23H,3-21H2,1-2H3. The Balaban J connectivity index is 3.72. The van der Waals surface area contributed by atoms with Gasteiger partial charge in [0.1, 0.15) is 0 Å². The van der Waals surface area contributed by atoms with Crippen LogP contribution in [0.2, 0.25) is 0 Å². The van der Waals surface area contributed by atoms with Crippen LogP contribution in [0.25, 0.3) is 0 Å². The molecule has 0 saturated carbocycles. The lowest BCUT2D eigenvalue weighted by Gasteiger charge is -2.22. The molecule has 4 nitrogen and oxygen atoms in total. The van der Waals surface area contributed by atoms with E-state index < -0.39 is 0 Å². The van der Waals surface area contributed by atoms with E-state index >= 15 is 0 Å². The number of rotatable bonds is 20. The molecule has 0 radical (unpaired) electrons. The Kier molecular flexibility index (Phi) is 20.7. The van der Waals surface area contributed by atoms with Crippen molar-refractivity contribution in [2.24, 2.45) is 5.73 Å². The lowest BCUT2D eigenvalue weighted by Crippen LogP contribution is -2.31. The summed E-state index contributed by atoms with van der Waals surface area (Å²) < 4.78 is 0. The molecule has 0 aliphatic rings. The number of unbranched alkanes of at least 4 members (excludes halogenated alkanes) is 5. The van der Waals surface area contributed by atoms with Crippen molar-refractivity contribution in [1.29, 1.82) is 0 Å². The maximum absolute atomic E-state index is 5.55. The minimum absolute atomic E-state index is 0.853. The molecule has 0 spiro atoms. The second kappa shape index (κ2) is 20.9. The second-order valence-corrected chi connectivity index (χ2v) is 6.96. The molecule has 0 aliphatic heterocycles. The Morgan fingerprint density at radius 2 is 1.04 bits per heavy atom. The molecule has 0 bridgehead atoms. The summed E-state index contributed by atoms with van der Waals surface area (Å²) in [5, 5.41) is 7.04. The van der Waals surface area contributed by atoms with E-state index in [-0.39, 0.29) is 0 Å². The monoisotopic (exact) mass is 342 g/mol. The zero-order valence-corrected chi connectivity index (χ0v) is 16.8. The van der Waals surface area contributed by atoms with Gasteiger partial charge in [-0.3, -0.25) is 0 Å². The quantitative estimate of drug-likeness (QED) is 0.297. The molecule has 0 amide bonds. The Bertz CT molecular complexity index is 210. The summed E-state index contributed by atoms with van der Waals surface area (Å²) in [5.41, 5.74) is 5.55. The summed E-state index contributed by atoms with van der Waals surface area (Å²) >= 11 is 0. The third-order valence-corrected chi connectivity index (χ3v) is 4.44. The molecule has 0 saturated heterocycles. The molecule has 0 fully saturated rings. The Hall–Kier alpha value is -0.160. The van der Waals surface area contributed by atoms with E-state index in [2.05, 4.69) is 29.4 Å². The van der Waals surface area contributed by atoms with Crippen molar-refractivity contribution in [2.45, 2.75) is 78.1 Å². The smallest absolute Gasteiger partial charge is 0.000663 e. The van der Waals surface area contributed by atoms with Crippen molar-refractivity contribution in [3.8, 4) is 0 Å². The first-order valence-electron chi connectivity index (χ1n) is 10.7. The van der Waals surface area contributed by atoms with Gasteiger partial charge in [0.2, 0.25) is 0 Å². The van der Waals surface area contributed by atoms with Gasteiger partial charge in [-0.25, -0.2) is 0 Å². The largest absolute Gasteiger partial charge is 0.330 e. The van der Waals surface area contributed by atoms with Crippen molar-refractivity contribution in [2.75, 3.05) is 52.4 Å². The fourth-order valence-electron chi connectivity index (χ4n) is 2.98. The number of nitrogens with two attached hydrogens (primary N) is 1. The molecule has 0 aromatic rings. The number of hydrogen-bond donors (Lipinski definition) is 3. The Morgan fingerprint density at radius 1 is 0.583 bits per heavy atom. The van der Waals surface area contributed by atoms with Gasteiger partial charge < -0.3 is 21.3 Å². The first-order chi connectivity index (χ1) is 11.8. The maximum atomic E-state index is 5.55. The van der Waals surface area contributed by atoms with Crippen molar-refractivity contribution >= 4 is 0 Å². The predicted octanol–water partition coefficient (Wildman–Crippen LogP) is 3.37. The maximum Gasteiger partial charge on any atom is -0.000663 e. The molecular weight excluding hydrogens is 296 g/mol. The Labute approximate surface area is 152 Å². The first kappa shape index (κ1) is 23.8. The van der Waals surface area contributed by atoms with E-state index in [4.69, 9.17) is 5.73 Å². The molecule has 0 aliphatic carbocycles. The lowest BCUT2D eigenvalue weighted by atomic mass is 10.1. The average Bonchev–Trinajstić information content (AvgIpc) is 2.59. The SMILES string of the molecule is CCCNCCCN(CCCCCCCCN)CCCNCCC. The van der Waals surface area contributed by atoms with E-state index in [0.29, 0.717) is 0 Å². The van der Waals surface area contributed by atoms with Gasteiger partial charge >= 0.3 is 0 Å². The van der Waals surface area contributed by atoms with Crippen LogP contribution in [0.4, 0.5) is 0 Å². The molecular formula is C20H46N4. The van der Waals surface area contributed by atoms with Crippen molar-refractivity contribution in [3.05, 3.63) is 0 Å². The van der Waals surface area contributed by atoms with Crippen LogP contribution in [0.1, 0.15) is 78.1 Å². The third-order valence-electron chi connectivity index (χ3n) is 4.44. The van der Waals surface area contributed by atoms with Gasteiger partial charge in [0.15, 0.2) is 0 Å². The van der Waals surface area contributed by atoms with Crippen LogP contribution in [0.15, 0.2) is 0 Å². The molecule has 0 aromatic heterocycles. The van der Waals surface area contributed by atoms with Crippen molar-refractivity contribution < 1.29 is 0 Å². The highest BCUT2D eigenvalue weighted by molar-refractivity contribution is 4.62. The highest BCUT2D eigenvalue weighted by Gasteiger charge is 2.04. The molecule has 146 valence electrons. The van der Waals surface area contributed by atoms with E-state index in [1.54, 1.807) is 0 Å². The van der Waals surface area contributed by atoms with Gasteiger partial charge in [0, 0.05) is 0 Å². The van der Waals surface area contributed by atoms with Gasteiger partial charge in [-0.15, -0.1) is 0 Å². The summed E-state index contributed by atoms with van der Waals surface area (Å²) in [7, 11) is 0. The minimum Gasteiger partial charge on any atom is -0.330 e. The molecule has 24 heavy (non-hydrogen) atoms. The predicted molar refractivity (Wildman–Crippen MR) is 109 cm³/mol. The number of hydrogen-bond acceptors (Lipinski definition) is 4. The summed E-state index contributed by atoms with van der Waals surface area (Å²) in [6.07, 6.45) is 13.0. The van der Waals surface area contributed by atoms with E-state index in [0.717, 1.165) is 32.7 Å². The van der Waals surface area contributed by atoms with Crippen LogP contribution in [0.3, 0.4) is 0 Å². The first-order valence-corrected chi connectivity index (χ1v) is 10.7. The van der Waals surface area contributed by atoms with Gasteiger partial charge in [0.25, 0.3) is 0 Å². The molecule has 0 aromatic carbocycles. The lowest BCUT2D eigenvalue weighted by molar-refractivity contribution is 0.258. The summed E-state index contributed by atoms with van der Waals surface area (Å²) in [5.74, 6) is 0. The second-order valence-electron chi connectivity index (χ2n) is 6.96. The molecule has 0 heterocycles. The average molecular weight is 343 g/mol. The molecule has 0 unspecified atom stereocenters. The van der Waals surface area contributed by atoms with Crippen molar-refractivity contribution in [1.82, 2.24) is 15.5 Å². The van der Waals surface area contributed by atoms with Gasteiger partial charge in [-0.05, 0) is 90.9 Å². The molecule has 4 N–H and O–H groups in total. The van der Waals surface area contributed by atoms with Gasteiger partial charge in [0.05, 0.1) is 0 Å². The van der Waals surface area contributed by atoms with Gasteiger partial charge in [-0.1, -0.05) is 39.5 Å². The van der Waals surface area contributed by atoms with E-state index in [1.807, 2.05) is 0 Å². The number of nitrogens with zero attached hydrogens (tertiary/aromatic N) is 1. The molecule has 4 heteroatoms. The van der Waals surface area contributed by atoms with Crippen LogP contribution >= 0.6 is 0 Å². The summed E-state index contributed by atoms with van der Waals surface area (Å²) in [6, 6.07) is 0. The highest BCUT2D eigenvalue weighted by atomic mass is 15.1. The van der Waals surface area contributed by atoms with Crippen LogP contribution in [-0.4, -0.2) is 57.3 Å². The Morgan fingerprint density at radius 3 is 1.54 bits per heavy atom. The topological polar surface area (TPSA) is 53.3 Å². The zero-order chi connectivity index (χ0) is 17.7. The fraction of sp³-hybridized carbons (Fsp3) is 1.00. The van der Waals surface area contributed by atoms with Crippen LogP contribution in [0.5, 0.6) is 0 Å². The van der Waals surface area contributed by atoms with Crippen LogP contribution in [0, 0.1) is 0 Å². The summed E-state index contributed by atoms with van der Waals surface area (Å²) in [6.45, 7) is 13.7. The molecule has 0 atom stereocenters. The normalized spacial score (nSPS) is 11.5. The molecule has 0 rings (SSSR count). The van der Waals surface area contributed by atoms with Crippen molar-refractivity contribution in [3.63, 3.8) is 0 Å².